The largest absolute Gasteiger partial charge is 0.342 e. The van der Waals surface area contributed by atoms with Crippen molar-refractivity contribution in [3.8, 4) is 0 Å². The molecule has 2 aliphatic rings. The minimum atomic E-state index is 0.249. The van der Waals surface area contributed by atoms with E-state index in [2.05, 4.69) is 5.32 Å². The summed E-state index contributed by atoms with van der Waals surface area (Å²) in [5.41, 5.74) is 0. The Balaban J connectivity index is 1.86. The van der Waals surface area contributed by atoms with Gasteiger partial charge in [-0.1, -0.05) is 0 Å². The molecule has 2 fully saturated rings. The van der Waals surface area contributed by atoms with E-state index in [0.717, 1.165) is 25.9 Å². The summed E-state index contributed by atoms with van der Waals surface area (Å²) in [6.45, 7) is 1.97. The van der Waals surface area contributed by atoms with E-state index in [9.17, 15) is 4.79 Å². The van der Waals surface area contributed by atoms with Crippen molar-refractivity contribution >= 4 is 5.91 Å². The van der Waals surface area contributed by atoms with Crippen molar-refractivity contribution in [2.24, 2.45) is 5.92 Å². The number of nitrogens with one attached hydrogen (secondary N) is 1. The lowest BCUT2D eigenvalue weighted by Crippen LogP contribution is -2.42. The molecule has 1 atom stereocenters. The molecule has 0 radical (unpaired) electrons. The molecule has 3 heteroatoms. The SMILES string of the molecule is CN(C(=O)[C@H]1CCCNC1)C1CC1. The molecule has 0 spiro atoms. The first-order chi connectivity index (χ1) is 6.29. The number of hydrogen-bond donors (Lipinski definition) is 1. The second-order valence-electron chi connectivity index (χ2n) is 4.22. The molecule has 1 saturated heterocycles. The summed E-state index contributed by atoms with van der Waals surface area (Å²) in [5.74, 6) is 0.606. The quantitative estimate of drug-likeness (QED) is 0.678. The van der Waals surface area contributed by atoms with Crippen LogP contribution in [0, 0.1) is 5.92 Å². The lowest BCUT2D eigenvalue weighted by molar-refractivity contribution is -0.135. The normalized spacial score (nSPS) is 28.5. The Morgan fingerprint density at radius 1 is 1.38 bits per heavy atom. The van der Waals surface area contributed by atoms with E-state index >= 15 is 0 Å². The molecule has 0 aromatic heterocycles. The first-order valence-corrected chi connectivity index (χ1v) is 5.26. The molecule has 1 aliphatic carbocycles. The van der Waals surface area contributed by atoms with Crippen LogP contribution in [0.4, 0.5) is 0 Å². The number of carbonyl (C=O) groups excluding carboxylic acids is 1. The molecule has 1 N–H and O–H groups in total. The fourth-order valence-electron chi connectivity index (χ4n) is 1.99. The molecule has 0 aromatic rings. The highest BCUT2D eigenvalue weighted by Gasteiger charge is 2.33. The number of carbonyl (C=O) groups is 1. The second-order valence-corrected chi connectivity index (χ2v) is 4.22. The van der Waals surface area contributed by atoms with Crippen LogP contribution in [0.2, 0.25) is 0 Å². The summed E-state index contributed by atoms with van der Waals surface area (Å²) in [4.78, 5) is 13.8. The highest BCUT2D eigenvalue weighted by molar-refractivity contribution is 5.79. The lowest BCUT2D eigenvalue weighted by Gasteiger charge is -2.26. The van der Waals surface area contributed by atoms with E-state index in [1.807, 2.05) is 11.9 Å². The zero-order valence-electron chi connectivity index (χ0n) is 8.25. The van der Waals surface area contributed by atoms with Gasteiger partial charge in [-0.25, -0.2) is 0 Å². The smallest absolute Gasteiger partial charge is 0.226 e. The van der Waals surface area contributed by atoms with Crippen molar-refractivity contribution in [3.63, 3.8) is 0 Å². The highest BCUT2D eigenvalue weighted by atomic mass is 16.2. The fourth-order valence-corrected chi connectivity index (χ4v) is 1.99. The van der Waals surface area contributed by atoms with Crippen LogP contribution in [0.3, 0.4) is 0 Å². The van der Waals surface area contributed by atoms with Crippen LogP contribution < -0.4 is 5.32 Å². The molecule has 13 heavy (non-hydrogen) atoms. The molecular weight excluding hydrogens is 164 g/mol. The Hall–Kier alpha value is -0.570. The van der Waals surface area contributed by atoms with Crippen LogP contribution in [-0.4, -0.2) is 37.0 Å². The van der Waals surface area contributed by atoms with Crippen molar-refractivity contribution in [2.75, 3.05) is 20.1 Å². The van der Waals surface area contributed by atoms with Gasteiger partial charge < -0.3 is 10.2 Å². The number of hydrogen-bond acceptors (Lipinski definition) is 2. The Labute approximate surface area is 79.5 Å². The molecular formula is C10H18N2O. The van der Waals surface area contributed by atoms with Gasteiger partial charge in [-0.05, 0) is 32.2 Å². The van der Waals surface area contributed by atoms with Gasteiger partial charge in [0.05, 0.1) is 5.92 Å². The number of amides is 1. The van der Waals surface area contributed by atoms with E-state index in [1.165, 1.54) is 12.8 Å². The lowest BCUT2D eigenvalue weighted by atomic mass is 9.98. The van der Waals surface area contributed by atoms with Gasteiger partial charge >= 0.3 is 0 Å². The third-order valence-corrected chi connectivity index (χ3v) is 3.09. The molecule has 0 aromatic carbocycles. The summed E-state index contributed by atoms with van der Waals surface area (Å²) in [6.07, 6.45) is 4.64. The second kappa shape index (κ2) is 3.66. The van der Waals surface area contributed by atoms with Crippen molar-refractivity contribution in [2.45, 2.75) is 31.7 Å². The van der Waals surface area contributed by atoms with Gasteiger partial charge in [-0.15, -0.1) is 0 Å². The first-order valence-electron chi connectivity index (χ1n) is 5.26. The van der Waals surface area contributed by atoms with E-state index < -0.39 is 0 Å². The Kier molecular flexibility index (Phi) is 2.54. The monoisotopic (exact) mass is 182 g/mol. The van der Waals surface area contributed by atoms with Gasteiger partial charge in [-0.2, -0.15) is 0 Å². The number of rotatable bonds is 2. The Morgan fingerprint density at radius 2 is 2.15 bits per heavy atom. The van der Waals surface area contributed by atoms with E-state index in [4.69, 9.17) is 0 Å². The third kappa shape index (κ3) is 2.02. The third-order valence-electron chi connectivity index (χ3n) is 3.09. The zero-order chi connectivity index (χ0) is 9.26. The van der Waals surface area contributed by atoms with E-state index in [0.29, 0.717) is 11.9 Å². The van der Waals surface area contributed by atoms with Crippen LogP contribution in [-0.2, 0) is 4.79 Å². The summed E-state index contributed by atoms with van der Waals surface area (Å²) in [6, 6.07) is 0.564. The minimum absolute atomic E-state index is 0.249. The standard InChI is InChI=1S/C10H18N2O/c1-12(9-4-5-9)10(13)8-3-2-6-11-7-8/h8-9,11H,2-7H2,1H3/t8-/m0/s1. The molecule has 1 aliphatic heterocycles. The summed E-state index contributed by atoms with van der Waals surface area (Å²) in [7, 11) is 1.95. The fraction of sp³-hybridized carbons (Fsp3) is 0.900. The maximum atomic E-state index is 11.9. The predicted octanol–water partition coefficient (Wildman–Crippen LogP) is 0.607. The minimum Gasteiger partial charge on any atom is -0.342 e. The van der Waals surface area contributed by atoms with Crippen LogP contribution in [0.1, 0.15) is 25.7 Å². The molecule has 0 bridgehead atoms. The zero-order valence-corrected chi connectivity index (χ0v) is 8.25. The maximum Gasteiger partial charge on any atom is 0.226 e. The van der Waals surface area contributed by atoms with Crippen LogP contribution in [0.25, 0.3) is 0 Å². The van der Waals surface area contributed by atoms with Gasteiger partial charge in [-0.3, -0.25) is 4.79 Å². The summed E-state index contributed by atoms with van der Waals surface area (Å²) < 4.78 is 0. The van der Waals surface area contributed by atoms with E-state index in [-0.39, 0.29) is 5.92 Å². The molecule has 1 amide bonds. The van der Waals surface area contributed by atoms with Gasteiger partial charge in [0.2, 0.25) is 5.91 Å². The summed E-state index contributed by atoms with van der Waals surface area (Å²) >= 11 is 0. The van der Waals surface area contributed by atoms with Gasteiger partial charge in [0, 0.05) is 19.6 Å². The van der Waals surface area contributed by atoms with E-state index in [1.54, 1.807) is 0 Å². The van der Waals surface area contributed by atoms with Crippen LogP contribution in [0.15, 0.2) is 0 Å². The van der Waals surface area contributed by atoms with Crippen molar-refractivity contribution < 1.29 is 4.79 Å². The molecule has 3 nitrogen and oxygen atoms in total. The summed E-state index contributed by atoms with van der Waals surface area (Å²) in [5, 5.41) is 3.28. The van der Waals surface area contributed by atoms with Crippen LogP contribution >= 0.6 is 0 Å². The molecule has 1 heterocycles. The molecule has 0 unspecified atom stereocenters. The van der Waals surface area contributed by atoms with Gasteiger partial charge in [0.15, 0.2) is 0 Å². The highest BCUT2D eigenvalue weighted by Crippen LogP contribution is 2.27. The van der Waals surface area contributed by atoms with Crippen LogP contribution in [0.5, 0.6) is 0 Å². The molecule has 2 rings (SSSR count). The van der Waals surface area contributed by atoms with Crippen molar-refractivity contribution in [1.82, 2.24) is 10.2 Å². The average molecular weight is 182 g/mol. The Bertz CT molecular complexity index is 195. The predicted molar refractivity (Wildman–Crippen MR) is 51.4 cm³/mol. The maximum absolute atomic E-state index is 11.9. The number of nitrogens with zero attached hydrogens (tertiary/aromatic N) is 1. The van der Waals surface area contributed by atoms with Gasteiger partial charge in [0.1, 0.15) is 0 Å². The number of piperidine rings is 1. The topological polar surface area (TPSA) is 32.3 Å². The van der Waals surface area contributed by atoms with Crippen molar-refractivity contribution in [3.05, 3.63) is 0 Å². The first kappa shape index (κ1) is 9.00. The molecule has 1 saturated carbocycles. The van der Waals surface area contributed by atoms with Gasteiger partial charge in [0.25, 0.3) is 0 Å². The Morgan fingerprint density at radius 3 is 2.69 bits per heavy atom. The molecule has 74 valence electrons. The van der Waals surface area contributed by atoms with Crippen molar-refractivity contribution in [1.29, 1.82) is 0 Å². The average Bonchev–Trinajstić information content (AvgIpc) is 3.00.